The minimum Gasteiger partial charge on any atom is -0.364 e. The fraction of sp³-hybridized carbons (Fsp3) is 0.400. The lowest BCUT2D eigenvalue weighted by molar-refractivity contribution is 0.341. The van der Waals surface area contributed by atoms with Gasteiger partial charge in [-0.15, -0.1) is 0 Å². The maximum Gasteiger partial charge on any atom is 0.110 e. The second-order valence-corrected chi connectivity index (χ2v) is 3.44. The zero-order valence-electron chi connectivity index (χ0n) is 6.45. The van der Waals surface area contributed by atoms with Gasteiger partial charge in [-0.2, -0.15) is 0 Å². The van der Waals surface area contributed by atoms with Crippen LogP contribution in [-0.4, -0.2) is 6.10 Å². The Kier molecular flexibility index (Phi) is 0.878. The van der Waals surface area contributed by atoms with E-state index >= 15 is 0 Å². The quantitative estimate of drug-likeness (QED) is 0.511. The molecule has 1 saturated heterocycles. The Hall–Kier alpha value is -0.820. The lowest BCUT2D eigenvalue weighted by Gasteiger charge is -2.06. The molecular weight excluding hydrogens is 136 g/mol. The van der Waals surface area contributed by atoms with Gasteiger partial charge in [-0.25, -0.2) is 0 Å². The maximum atomic E-state index is 5.49. The summed E-state index contributed by atoms with van der Waals surface area (Å²) in [4.78, 5) is 0. The van der Waals surface area contributed by atoms with Gasteiger partial charge in [-0.1, -0.05) is 31.2 Å². The molecule has 0 radical (unpaired) electrons. The van der Waals surface area contributed by atoms with Gasteiger partial charge in [0.25, 0.3) is 0 Å². The van der Waals surface area contributed by atoms with Crippen molar-refractivity contribution < 1.29 is 4.74 Å². The summed E-state index contributed by atoms with van der Waals surface area (Å²) in [5.41, 5.74) is 2.92. The van der Waals surface area contributed by atoms with Crippen LogP contribution in [0.25, 0.3) is 0 Å². The summed E-state index contributed by atoms with van der Waals surface area (Å²) in [6, 6.07) is 8.61. The Morgan fingerprint density at radius 3 is 2.64 bits per heavy atom. The van der Waals surface area contributed by atoms with Gasteiger partial charge in [0.05, 0.1) is 6.10 Å². The Bertz CT molecular complexity index is 290. The van der Waals surface area contributed by atoms with Crippen LogP contribution in [0.2, 0.25) is 0 Å². The molecule has 1 heterocycles. The van der Waals surface area contributed by atoms with Gasteiger partial charge in [-0.3, -0.25) is 0 Å². The molecule has 0 spiro atoms. The van der Waals surface area contributed by atoms with Gasteiger partial charge in [-0.05, 0) is 11.1 Å². The minimum absolute atomic E-state index is 0.446. The summed E-state index contributed by atoms with van der Waals surface area (Å²) in [6.07, 6.45) is 0.952. The predicted molar refractivity (Wildman–Crippen MR) is 42.5 cm³/mol. The molecule has 56 valence electrons. The highest BCUT2D eigenvalue weighted by atomic mass is 16.6. The summed E-state index contributed by atoms with van der Waals surface area (Å²) in [6.45, 7) is 2.25. The van der Waals surface area contributed by atoms with Crippen LogP contribution in [0.3, 0.4) is 0 Å². The SMILES string of the molecule is C[C@@H]1c2ccccc2[C@@H]2O[C@@H]12. The van der Waals surface area contributed by atoms with Crippen LogP contribution in [0, 0.1) is 0 Å². The van der Waals surface area contributed by atoms with Crippen LogP contribution >= 0.6 is 0 Å². The molecule has 1 heteroatoms. The molecule has 0 saturated carbocycles. The number of fused-ring (bicyclic) bond motifs is 3. The van der Waals surface area contributed by atoms with E-state index < -0.39 is 0 Å². The van der Waals surface area contributed by atoms with Crippen molar-refractivity contribution in [2.45, 2.75) is 25.0 Å². The first-order chi connectivity index (χ1) is 5.38. The van der Waals surface area contributed by atoms with Crippen LogP contribution in [0.15, 0.2) is 24.3 Å². The van der Waals surface area contributed by atoms with Crippen molar-refractivity contribution in [3.8, 4) is 0 Å². The first-order valence-corrected chi connectivity index (χ1v) is 4.12. The number of hydrogen-bond donors (Lipinski definition) is 0. The molecule has 2 aliphatic rings. The van der Waals surface area contributed by atoms with E-state index in [2.05, 4.69) is 31.2 Å². The number of hydrogen-bond acceptors (Lipinski definition) is 1. The van der Waals surface area contributed by atoms with Crippen molar-refractivity contribution in [1.82, 2.24) is 0 Å². The molecule has 3 rings (SSSR count). The van der Waals surface area contributed by atoms with Crippen molar-refractivity contribution in [2.75, 3.05) is 0 Å². The van der Waals surface area contributed by atoms with Crippen LogP contribution in [0.5, 0.6) is 0 Å². The highest BCUT2D eigenvalue weighted by molar-refractivity contribution is 5.42. The van der Waals surface area contributed by atoms with Crippen molar-refractivity contribution >= 4 is 0 Å². The molecule has 1 nitrogen and oxygen atoms in total. The van der Waals surface area contributed by atoms with Gasteiger partial charge in [0, 0.05) is 5.92 Å². The van der Waals surface area contributed by atoms with E-state index in [0.717, 1.165) is 0 Å². The summed E-state index contributed by atoms with van der Waals surface area (Å²) < 4.78 is 5.49. The standard InChI is InChI=1S/C10H10O/c1-6-7-4-2-3-5-8(7)10-9(6)11-10/h2-6,9-10H,1H3/t6-,9+,10+/m1/s1. The smallest absolute Gasteiger partial charge is 0.110 e. The van der Waals surface area contributed by atoms with E-state index in [9.17, 15) is 0 Å². The van der Waals surface area contributed by atoms with Gasteiger partial charge in [0.2, 0.25) is 0 Å². The van der Waals surface area contributed by atoms with E-state index in [0.29, 0.717) is 18.1 Å². The van der Waals surface area contributed by atoms with Crippen molar-refractivity contribution in [3.05, 3.63) is 35.4 Å². The van der Waals surface area contributed by atoms with Crippen molar-refractivity contribution in [3.63, 3.8) is 0 Å². The van der Waals surface area contributed by atoms with Gasteiger partial charge >= 0.3 is 0 Å². The molecule has 3 atom stereocenters. The third-order valence-corrected chi connectivity index (χ3v) is 2.81. The average Bonchev–Trinajstić information content (AvgIpc) is 2.78. The lowest BCUT2D eigenvalue weighted by Crippen LogP contribution is -1.95. The van der Waals surface area contributed by atoms with Gasteiger partial charge in [0.15, 0.2) is 0 Å². The second kappa shape index (κ2) is 1.67. The van der Waals surface area contributed by atoms with E-state index in [4.69, 9.17) is 4.74 Å². The molecule has 0 aromatic heterocycles. The van der Waals surface area contributed by atoms with Crippen LogP contribution in [-0.2, 0) is 4.74 Å². The molecule has 0 bridgehead atoms. The van der Waals surface area contributed by atoms with Crippen LogP contribution in [0.4, 0.5) is 0 Å². The molecule has 1 aromatic rings. The zero-order chi connectivity index (χ0) is 7.42. The molecule has 1 aliphatic heterocycles. The van der Waals surface area contributed by atoms with Gasteiger partial charge < -0.3 is 4.74 Å². The minimum atomic E-state index is 0.446. The van der Waals surface area contributed by atoms with Gasteiger partial charge in [0.1, 0.15) is 6.10 Å². The maximum absolute atomic E-state index is 5.49. The number of epoxide rings is 1. The second-order valence-electron chi connectivity index (χ2n) is 3.44. The van der Waals surface area contributed by atoms with E-state index in [1.165, 1.54) is 11.1 Å². The Morgan fingerprint density at radius 1 is 1.18 bits per heavy atom. The monoisotopic (exact) mass is 146 g/mol. The molecule has 1 aliphatic carbocycles. The Balaban J connectivity index is 2.22. The average molecular weight is 146 g/mol. The third-order valence-electron chi connectivity index (χ3n) is 2.81. The molecule has 11 heavy (non-hydrogen) atoms. The lowest BCUT2D eigenvalue weighted by atomic mass is 10.0. The predicted octanol–water partition coefficient (Wildman–Crippen LogP) is 2.24. The fourth-order valence-electron chi connectivity index (χ4n) is 2.12. The number of rotatable bonds is 0. The normalized spacial score (nSPS) is 38.1. The summed E-state index contributed by atoms with van der Waals surface area (Å²) in [7, 11) is 0. The molecule has 0 amide bonds. The molecule has 1 aromatic carbocycles. The van der Waals surface area contributed by atoms with Crippen LogP contribution < -0.4 is 0 Å². The summed E-state index contributed by atoms with van der Waals surface area (Å²) in [5, 5.41) is 0. The molecule has 0 N–H and O–H groups in total. The highest BCUT2D eigenvalue weighted by Crippen LogP contribution is 2.55. The summed E-state index contributed by atoms with van der Waals surface area (Å²) in [5.74, 6) is 0.621. The molecule has 1 fully saturated rings. The van der Waals surface area contributed by atoms with Crippen molar-refractivity contribution in [2.24, 2.45) is 0 Å². The fourth-order valence-corrected chi connectivity index (χ4v) is 2.12. The Labute approximate surface area is 66.0 Å². The van der Waals surface area contributed by atoms with E-state index in [-0.39, 0.29) is 0 Å². The van der Waals surface area contributed by atoms with E-state index in [1.807, 2.05) is 0 Å². The Morgan fingerprint density at radius 2 is 1.91 bits per heavy atom. The molecular formula is C10H10O. The number of benzene rings is 1. The van der Waals surface area contributed by atoms with Crippen molar-refractivity contribution in [1.29, 1.82) is 0 Å². The highest BCUT2D eigenvalue weighted by Gasteiger charge is 2.51. The van der Waals surface area contributed by atoms with E-state index in [1.54, 1.807) is 0 Å². The first-order valence-electron chi connectivity index (χ1n) is 4.12. The largest absolute Gasteiger partial charge is 0.364 e. The third kappa shape index (κ3) is 0.596. The zero-order valence-corrected chi connectivity index (χ0v) is 6.45. The van der Waals surface area contributed by atoms with Crippen LogP contribution in [0.1, 0.15) is 30.1 Å². The molecule has 0 unspecified atom stereocenters. The topological polar surface area (TPSA) is 12.5 Å². The number of ether oxygens (including phenoxy) is 1. The first kappa shape index (κ1) is 5.78. The summed E-state index contributed by atoms with van der Waals surface area (Å²) >= 11 is 0.